The molecule has 0 bridgehead atoms. The second kappa shape index (κ2) is 12.2. The molecule has 1 amide bonds. The molecule has 1 atom stereocenters. The van der Waals surface area contributed by atoms with Gasteiger partial charge in [0.25, 0.3) is 6.29 Å². The number of hydrogen-bond donors (Lipinski definition) is 3. The van der Waals surface area contributed by atoms with E-state index in [0.29, 0.717) is 22.7 Å². The maximum absolute atomic E-state index is 14.9. The molecule has 4 N–H and O–H groups in total. The Morgan fingerprint density at radius 2 is 1.79 bits per heavy atom. The highest BCUT2D eigenvalue weighted by Crippen LogP contribution is 2.31. The van der Waals surface area contributed by atoms with Crippen LogP contribution in [0.2, 0.25) is 0 Å². The molecule has 1 aliphatic heterocycles. The van der Waals surface area contributed by atoms with Crippen molar-refractivity contribution >= 4 is 17.7 Å². The molecule has 210 valence electrons. The van der Waals surface area contributed by atoms with E-state index in [1.165, 1.54) is 11.0 Å². The summed E-state index contributed by atoms with van der Waals surface area (Å²) in [6.45, 7) is 3.50. The summed E-state index contributed by atoms with van der Waals surface area (Å²) < 4.78 is 62.6. The zero-order valence-electron chi connectivity index (χ0n) is 20.7. The van der Waals surface area contributed by atoms with Gasteiger partial charge in [0.15, 0.2) is 6.10 Å². The van der Waals surface area contributed by atoms with Crippen molar-refractivity contribution < 1.29 is 51.3 Å². The standard InChI is InChI=1S/C23H22FN3O5.C2H3F3O2/c1-13-14(2)31-22(26-13)16-5-3-15(4-6-16)19-8-7-17(9-20(19)24)27-11-18(32-23(27)29)12-30-21(28)10-25;3-2(4,5)1(6)7/h3-9,18H,10-12,25H2,1-2H3;1,6-7H/t18-;/m1./s1. The molecule has 0 radical (unpaired) electrons. The molecule has 1 saturated heterocycles. The average molecular weight is 555 g/mol. The molecule has 0 saturated carbocycles. The highest BCUT2D eigenvalue weighted by molar-refractivity contribution is 5.90. The van der Waals surface area contributed by atoms with Crippen molar-refractivity contribution in [2.24, 2.45) is 5.73 Å². The fourth-order valence-electron chi connectivity index (χ4n) is 3.36. The number of alkyl halides is 3. The van der Waals surface area contributed by atoms with E-state index in [-0.39, 0.29) is 19.7 Å². The number of aliphatic hydroxyl groups is 2. The average Bonchev–Trinajstić information content (AvgIpc) is 3.43. The van der Waals surface area contributed by atoms with Crippen LogP contribution < -0.4 is 10.6 Å². The first kappa shape index (κ1) is 29.5. The third-order valence-electron chi connectivity index (χ3n) is 5.50. The number of anilines is 1. The van der Waals surface area contributed by atoms with Crippen molar-refractivity contribution in [1.29, 1.82) is 0 Å². The summed E-state index contributed by atoms with van der Waals surface area (Å²) in [5.74, 6) is 0.199. The van der Waals surface area contributed by atoms with E-state index in [1.807, 2.05) is 26.0 Å². The first-order valence-electron chi connectivity index (χ1n) is 11.4. The van der Waals surface area contributed by atoms with Gasteiger partial charge in [-0.05, 0) is 49.7 Å². The van der Waals surface area contributed by atoms with Crippen LogP contribution in [-0.2, 0) is 14.3 Å². The van der Waals surface area contributed by atoms with Crippen LogP contribution in [0.5, 0.6) is 0 Å². The first-order valence-corrected chi connectivity index (χ1v) is 11.4. The number of oxazole rings is 1. The maximum atomic E-state index is 14.9. The number of rotatable bonds is 6. The Morgan fingerprint density at radius 1 is 1.18 bits per heavy atom. The minimum absolute atomic E-state index is 0.102. The monoisotopic (exact) mass is 555 g/mol. The number of hydrogen-bond acceptors (Lipinski definition) is 9. The highest BCUT2D eigenvalue weighted by Gasteiger charge is 2.36. The number of cyclic esters (lactones) is 1. The predicted octanol–water partition coefficient (Wildman–Crippen LogP) is 3.45. The molecule has 1 fully saturated rings. The number of benzene rings is 2. The van der Waals surface area contributed by atoms with Crippen LogP contribution in [-0.4, -0.2) is 65.5 Å². The molecule has 3 aromatic rings. The second-order valence-corrected chi connectivity index (χ2v) is 8.32. The van der Waals surface area contributed by atoms with Gasteiger partial charge in [-0.15, -0.1) is 0 Å². The molecule has 2 aromatic carbocycles. The lowest BCUT2D eigenvalue weighted by atomic mass is 10.0. The van der Waals surface area contributed by atoms with E-state index < -0.39 is 36.5 Å². The molecule has 0 aliphatic carbocycles. The third-order valence-corrected chi connectivity index (χ3v) is 5.50. The lowest BCUT2D eigenvalue weighted by Crippen LogP contribution is -2.28. The molecule has 4 rings (SSSR count). The normalized spacial score (nSPS) is 15.2. The number of nitrogens with two attached hydrogens (primary N) is 1. The third kappa shape index (κ3) is 7.52. The number of nitrogens with zero attached hydrogens (tertiary/aromatic N) is 2. The summed E-state index contributed by atoms with van der Waals surface area (Å²) in [6, 6.07) is 11.7. The molecule has 14 heteroatoms. The maximum Gasteiger partial charge on any atom is 0.439 e. The Kier molecular flexibility index (Phi) is 9.27. The van der Waals surface area contributed by atoms with Crippen LogP contribution >= 0.6 is 0 Å². The molecule has 1 aliphatic rings. The number of halogens is 4. The summed E-state index contributed by atoms with van der Waals surface area (Å²) in [5.41, 5.74) is 8.22. The number of ether oxygens (including phenoxy) is 2. The number of carbonyl (C=O) groups excluding carboxylic acids is 2. The van der Waals surface area contributed by atoms with Gasteiger partial charge in [0.1, 0.15) is 18.2 Å². The summed E-state index contributed by atoms with van der Waals surface area (Å²) in [7, 11) is 0. The van der Waals surface area contributed by atoms with Crippen LogP contribution in [0.4, 0.5) is 28.0 Å². The quantitative estimate of drug-likeness (QED) is 0.236. The van der Waals surface area contributed by atoms with E-state index in [9.17, 15) is 27.2 Å². The minimum atomic E-state index is -4.89. The molecule has 0 unspecified atom stereocenters. The number of amides is 1. The Bertz CT molecular complexity index is 1290. The Balaban J connectivity index is 0.000000532. The number of aliphatic hydroxyl groups excluding tert-OH is 1. The highest BCUT2D eigenvalue weighted by atomic mass is 19.4. The smallest absolute Gasteiger partial charge is 0.439 e. The van der Waals surface area contributed by atoms with Gasteiger partial charge in [-0.3, -0.25) is 9.69 Å². The van der Waals surface area contributed by atoms with Crippen molar-refractivity contribution in [1.82, 2.24) is 4.98 Å². The van der Waals surface area contributed by atoms with Crippen LogP contribution in [0.1, 0.15) is 11.5 Å². The zero-order chi connectivity index (χ0) is 28.9. The van der Waals surface area contributed by atoms with E-state index in [4.69, 9.17) is 29.8 Å². The van der Waals surface area contributed by atoms with E-state index in [1.54, 1.807) is 24.3 Å². The fourth-order valence-corrected chi connectivity index (χ4v) is 3.36. The van der Waals surface area contributed by atoms with E-state index >= 15 is 0 Å². The van der Waals surface area contributed by atoms with Crippen molar-refractivity contribution in [3.63, 3.8) is 0 Å². The number of carbonyl (C=O) groups is 2. The van der Waals surface area contributed by atoms with Gasteiger partial charge in [0.2, 0.25) is 5.89 Å². The van der Waals surface area contributed by atoms with Crippen molar-refractivity contribution in [3.8, 4) is 22.6 Å². The van der Waals surface area contributed by atoms with Crippen LogP contribution in [0.3, 0.4) is 0 Å². The lowest BCUT2D eigenvalue weighted by Gasteiger charge is -2.14. The lowest BCUT2D eigenvalue weighted by molar-refractivity contribution is -0.275. The molecular weight excluding hydrogens is 530 g/mol. The van der Waals surface area contributed by atoms with Gasteiger partial charge >= 0.3 is 18.2 Å². The van der Waals surface area contributed by atoms with Crippen molar-refractivity contribution in [2.75, 3.05) is 24.6 Å². The largest absolute Gasteiger partial charge is 0.461 e. The molecule has 10 nitrogen and oxygen atoms in total. The summed E-state index contributed by atoms with van der Waals surface area (Å²) in [6.07, 6.45) is -9.37. The van der Waals surface area contributed by atoms with E-state index in [2.05, 4.69) is 4.98 Å². The first-order chi connectivity index (χ1) is 18.3. The molecule has 39 heavy (non-hydrogen) atoms. The van der Waals surface area contributed by atoms with Crippen molar-refractivity contribution in [3.05, 3.63) is 59.7 Å². The molecular formula is C25H25F4N3O7. The second-order valence-electron chi connectivity index (χ2n) is 8.32. The fraction of sp³-hybridized carbons (Fsp3) is 0.320. The molecule has 1 aromatic heterocycles. The zero-order valence-corrected chi connectivity index (χ0v) is 20.7. The topological polar surface area (TPSA) is 148 Å². The van der Waals surface area contributed by atoms with Crippen LogP contribution in [0.15, 0.2) is 46.9 Å². The number of aryl methyl sites for hydroxylation is 2. The van der Waals surface area contributed by atoms with Gasteiger partial charge in [-0.25, -0.2) is 14.2 Å². The SMILES string of the molecule is Cc1nc(-c2ccc(-c3ccc(N4C[C@H](COC(=O)CN)OC4=O)cc3F)cc2)oc1C.OC(O)C(F)(F)F. The predicted molar refractivity (Wildman–Crippen MR) is 129 cm³/mol. The molecule has 2 heterocycles. The molecule has 0 spiro atoms. The Labute approximate surface area is 219 Å². The van der Waals surface area contributed by atoms with Gasteiger partial charge in [0, 0.05) is 11.1 Å². The van der Waals surface area contributed by atoms with Crippen LogP contribution in [0, 0.1) is 19.7 Å². The van der Waals surface area contributed by atoms with E-state index in [0.717, 1.165) is 17.0 Å². The van der Waals surface area contributed by atoms with Gasteiger partial charge < -0.3 is 29.8 Å². The summed E-state index contributed by atoms with van der Waals surface area (Å²) in [5, 5.41) is 14.6. The van der Waals surface area contributed by atoms with Crippen LogP contribution in [0.25, 0.3) is 22.6 Å². The Hall–Kier alpha value is -4.01. The van der Waals surface area contributed by atoms with Crippen molar-refractivity contribution in [2.45, 2.75) is 32.4 Å². The minimum Gasteiger partial charge on any atom is -0.461 e. The van der Waals surface area contributed by atoms with Gasteiger partial charge in [-0.1, -0.05) is 12.1 Å². The van der Waals surface area contributed by atoms with Gasteiger partial charge in [0.05, 0.1) is 24.5 Å². The van der Waals surface area contributed by atoms with Gasteiger partial charge in [-0.2, -0.15) is 13.2 Å². The summed E-state index contributed by atoms with van der Waals surface area (Å²) in [4.78, 5) is 29.0. The Morgan fingerprint density at radius 3 is 2.31 bits per heavy atom. The number of esters is 1. The number of aromatic nitrogens is 1. The summed E-state index contributed by atoms with van der Waals surface area (Å²) >= 11 is 0.